The highest BCUT2D eigenvalue weighted by Crippen LogP contribution is 2.14. The third-order valence-electron chi connectivity index (χ3n) is 4.03. The van der Waals surface area contributed by atoms with Crippen LogP contribution in [0.2, 0.25) is 0 Å². The molecule has 1 saturated heterocycles. The van der Waals surface area contributed by atoms with Gasteiger partial charge in [-0.15, -0.1) is 0 Å². The molecule has 0 saturated carbocycles. The maximum absolute atomic E-state index is 12.6. The Kier molecular flexibility index (Phi) is 6.26. The van der Waals surface area contributed by atoms with Gasteiger partial charge in [0.05, 0.1) is 45.6 Å². The van der Waals surface area contributed by atoms with Gasteiger partial charge in [-0.25, -0.2) is 9.19 Å². The molecule has 1 aromatic carbocycles. The lowest BCUT2D eigenvalue weighted by molar-refractivity contribution is -0.114. The van der Waals surface area contributed by atoms with Gasteiger partial charge in [0.1, 0.15) is 5.82 Å². The molecule has 0 aliphatic carbocycles. The average molecular weight is 412 g/mol. The van der Waals surface area contributed by atoms with Crippen LogP contribution in [-0.2, 0) is 19.3 Å². The summed E-state index contributed by atoms with van der Waals surface area (Å²) in [5.41, 5.74) is 7.68. The van der Waals surface area contributed by atoms with Crippen molar-refractivity contribution in [2.24, 2.45) is 4.36 Å². The number of nitrogens with one attached hydrogen (secondary N) is 1. The van der Waals surface area contributed by atoms with Crippen LogP contribution in [0.4, 0.5) is 11.5 Å². The largest absolute Gasteiger partial charge is 0.383 e. The minimum absolute atomic E-state index is 0.169. The second kappa shape index (κ2) is 8.86. The van der Waals surface area contributed by atoms with Crippen molar-refractivity contribution in [3.05, 3.63) is 53.2 Å². The number of carbonyl (C=O) groups is 2. The number of nitrogen functional groups attached to an aromatic ring is 1. The van der Waals surface area contributed by atoms with Crippen LogP contribution in [0.5, 0.6) is 0 Å². The molecule has 150 valence electrons. The maximum Gasteiger partial charge on any atom is 0.286 e. The van der Waals surface area contributed by atoms with Crippen LogP contribution in [0.3, 0.4) is 0 Å². The number of benzene rings is 1. The Morgan fingerprint density at radius 3 is 2.72 bits per heavy atom. The molecule has 2 amide bonds. The third kappa shape index (κ3) is 5.63. The monoisotopic (exact) mass is 412 g/mol. The molecule has 3 N–H and O–H groups in total. The maximum atomic E-state index is 12.6. The summed E-state index contributed by atoms with van der Waals surface area (Å²) >= 11 is 0. The second-order valence-electron chi connectivity index (χ2n) is 6.36. The molecule has 1 aliphatic heterocycles. The molecular formula is C20H20N4O4S. The Labute approximate surface area is 169 Å². The first-order valence-corrected chi connectivity index (χ1v) is 10.7. The van der Waals surface area contributed by atoms with Crippen molar-refractivity contribution < 1.29 is 18.5 Å². The number of amides is 2. The van der Waals surface area contributed by atoms with E-state index in [2.05, 4.69) is 26.5 Å². The highest BCUT2D eigenvalue weighted by atomic mass is 32.2. The number of nitrogens with two attached hydrogens (primary N) is 1. The fourth-order valence-electron chi connectivity index (χ4n) is 2.59. The molecule has 2 heterocycles. The topological polar surface area (TPSA) is 124 Å². The van der Waals surface area contributed by atoms with Crippen LogP contribution >= 0.6 is 0 Å². The van der Waals surface area contributed by atoms with E-state index in [1.807, 2.05) is 0 Å². The predicted molar refractivity (Wildman–Crippen MR) is 111 cm³/mol. The third-order valence-corrected chi connectivity index (χ3v) is 6.14. The number of pyridine rings is 1. The molecule has 0 spiro atoms. The highest BCUT2D eigenvalue weighted by Gasteiger charge is 2.18. The van der Waals surface area contributed by atoms with E-state index in [9.17, 15) is 13.8 Å². The summed E-state index contributed by atoms with van der Waals surface area (Å²) in [4.78, 5) is 27.6. The summed E-state index contributed by atoms with van der Waals surface area (Å²) in [5, 5.41) is 2.68. The molecule has 0 unspecified atom stereocenters. The number of hydrogen-bond donors (Lipinski definition) is 2. The predicted octanol–water partition coefficient (Wildman–Crippen LogP) is 1.66. The van der Waals surface area contributed by atoms with Crippen molar-refractivity contribution in [3.63, 3.8) is 0 Å². The van der Waals surface area contributed by atoms with Crippen LogP contribution in [0.15, 0.2) is 40.9 Å². The number of nitrogens with zero attached hydrogens (tertiary/aromatic N) is 2. The number of ether oxygens (including phenoxy) is 1. The normalized spacial score (nSPS) is 14.9. The van der Waals surface area contributed by atoms with E-state index in [0.29, 0.717) is 30.0 Å². The average Bonchev–Trinajstić information content (AvgIpc) is 2.67. The van der Waals surface area contributed by atoms with Crippen molar-refractivity contribution in [3.8, 4) is 11.8 Å². The number of aromatic nitrogens is 1. The SMILES string of the molecule is CC(=O)Nc1cccc(C#Cc2cc(C(=O)N=S3(=O)CCOCC3)cnc2N)c1. The van der Waals surface area contributed by atoms with E-state index in [4.69, 9.17) is 10.5 Å². The molecule has 0 radical (unpaired) electrons. The summed E-state index contributed by atoms with van der Waals surface area (Å²) in [6.07, 6.45) is 1.30. The fourth-order valence-corrected chi connectivity index (χ4v) is 4.14. The zero-order valence-corrected chi connectivity index (χ0v) is 16.6. The van der Waals surface area contributed by atoms with Crippen molar-refractivity contribution >= 4 is 33.0 Å². The van der Waals surface area contributed by atoms with Gasteiger partial charge >= 0.3 is 0 Å². The molecular weight excluding hydrogens is 392 g/mol. The molecule has 0 atom stereocenters. The van der Waals surface area contributed by atoms with Crippen LogP contribution in [0, 0.1) is 11.8 Å². The van der Waals surface area contributed by atoms with Gasteiger partial charge in [-0.3, -0.25) is 9.59 Å². The summed E-state index contributed by atoms with van der Waals surface area (Å²) in [6.45, 7) is 2.07. The molecule has 2 aromatic rings. The molecule has 1 fully saturated rings. The molecule has 1 aromatic heterocycles. The fraction of sp³-hybridized carbons (Fsp3) is 0.250. The van der Waals surface area contributed by atoms with E-state index in [0.717, 1.165) is 0 Å². The van der Waals surface area contributed by atoms with Crippen molar-refractivity contribution in [2.75, 3.05) is 35.8 Å². The molecule has 0 bridgehead atoms. The minimum atomic E-state index is -2.61. The van der Waals surface area contributed by atoms with Gasteiger partial charge in [-0.05, 0) is 24.3 Å². The van der Waals surface area contributed by atoms with Crippen LogP contribution in [0.1, 0.15) is 28.4 Å². The van der Waals surface area contributed by atoms with Gasteiger partial charge in [-0.2, -0.15) is 4.36 Å². The Balaban J connectivity index is 1.86. The summed E-state index contributed by atoms with van der Waals surface area (Å²) in [6, 6.07) is 8.50. The lowest BCUT2D eigenvalue weighted by atomic mass is 10.1. The van der Waals surface area contributed by atoms with E-state index >= 15 is 0 Å². The molecule has 3 rings (SSSR count). The molecule has 8 nitrogen and oxygen atoms in total. The van der Waals surface area contributed by atoms with Gasteiger partial charge in [-0.1, -0.05) is 17.9 Å². The second-order valence-corrected chi connectivity index (χ2v) is 8.90. The lowest BCUT2D eigenvalue weighted by Gasteiger charge is -2.15. The standard InChI is InChI=1S/C20H20N4O4S/c1-14(25)23-18-4-2-3-15(11-18)5-6-16-12-17(13-22-19(16)21)20(26)24-29(27)9-7-28-8-10-29/h2-4,11-13H,7-10H2,1H3,(H2,21,22)(H,23,25). The highest BCUT2D eigenvalue weighted by molar-refractivity contribution is 7.94. The molecule has 29 heavy (non-hydrogen) atoms. The van der Waals surface area contributed by atoms with Crippen molar-refractivity contribution in [1.82, 2.24) is 4.98 Å². The number of carbonyl (C=O) groups excluding carboxylic acids is 2. The first-order valence-electron chi connectivity index (χ1n) is 8.84. The van der Waals surface area contributed by atoms with E-state index in [1.54, 1.807) is 24.3 Å². The van der Waals surface area contributed by atoms with Gasteiger partial charge < -0.3 is 15.8 Å². The minimum Gasteiger partial charge on any atom is -0.383 e. The Hall–Kier alpha value is -3.22. The van der Waals surface area contributed by atoms with Gasteiger partial charge in [0, 0.05) is 24.4 Å². The first kappa shape index (κ1) is 20.5. The smallest absolute Gasteiger partial charge is 0.286 e. The Morgan fingerprint density at radius 1 is 1.24 bits per heavy atom. The van der Waals surface area contributed by atoms with Crippen molar-refractivity contribution in [2.45, 2.75) is 6.92 Å². The zero-order valence-electron chi connectivity index (χ0n) is 15.8. The Bertz CT molecular complexity index is 1130. The van der Waals surface area contributed by atoms with Crippen LogP contribution < -0.4 is 11.1 Å². The van der Waals surface area contributed by atoms with Gasteiger partial charge in [0.25, 0.3) is 5.91 Å². The van der Waals surface area contributed by atoms with Crippen LogP contribution in [-0.4, -0.2) is 45.7 Å². The first-order chi connectivity index (χ1) is 13.8. The van der Waals surface area contributed by atoms with E-state index in [-0.39, 0.29) is 28.8 Å². The number of rotatable bonds is 2. The quantitative estimate of drug-likeness (QED) is 0.723. The lowest BCUT2D eigenvalue weighted by Crippen LogP contribution is -2.26. The molecule has 1 aliphatic rings. The van der Waals surface area contributed by atoms with Crippen molar-refractivity contribution in [1.29, 1.82) is 0 Å². The Morgan fingerprint density at radius 2 is 2.00 bits per heavy atom. The number of anilines is 2. The van der Waals surface area contributed by atoms with Gasteiger partial charge in [0.2, 0.25) is 5.91 Å². The van der Waals surface area contributed by atoms with Gasteiger partial charge in [0.15, 0.2) is 0 Å². The van der Waals surface area contributed by atoms with E-state index in [1.165, 1.54) is 19.2 Å². The molecule has 9 heteroatoms. The summed E-state index contributed by atoms with van der Waals surface area (Å²) in [7, 11) is -2.61. The van der Waals surface area contributed by atoms with Crippen LogP contribution in [0.25, 0.3) is 0 Å². The zero-order chi connectivity index (χ0) is 20.9. The summed E-state index contributed by atoms with van der Waals surface area (Å²) in [5.74, 6) is 5.66. The summed E-state index contributed by atoms with van der Waals surface area (Å²) < 4.78 is 21.7. The van der Waals surface area contributed by atoms with E-state index < -0.39 is 15.6 Å². The number of hydrogen-bond acceptors (Lipinski definition) is 6.